The van der Waals surface area contributed by atoms with Crippen molar-refractivity contribution in [1.29, 1.82) is 0 Å². The Morgan fingerprint density at radius 3 is 2.79 bits per heavy atom. The molecule has 3 nitrogen and oxygen atoms in total. The molecule has 19 heavy (non-hydrogen) atoms. The third-order valence-electron chi connectivity index (χ3n) is 3.16. The molecule has 0 fully saturated rings. The molecule has 1 aromatic heterocycles. The number of imidazole rings is 1. The number of hydrogen-bond donors (Lipinski definition) is 2. The summed E-state index contributed by atoms with van der Waals surface area (Å²) >= 11 is 0. The molecule has 0 radical (unpaired) electrons. The summed E-state index contributed by atoms with van der Waals surface area (Å²) in [7, 11) is 0. The zero-order valence-corrected chi connectivity index (χ0v) is 11.0. The molecule has 0 aliphatic heterocycles. The van der Waals surface area contributed by atoms with Gasteiger partial charge in [0, 0.05) is 24.0 Å². The molecule has 0 bridgehead atoms. The van der Waals surface area contributed by atoms with Gasteiger partial charge in [0.05, 0.1) is 6.04 Å². The molecule has 0 amide bonds. The zero-order chi connectivity index (χ0) is 13.8. The fourth-order valence-electron chi connectivity index (χ4n) is 2.10. The van der Waals surface area contributed by atoms with E-state index in [0.29, 0.717) is 5.56 Å². The molecule has 0 aliphatic carbocycles. The summed E-state index contributed by atoms with van der Waals surface area (Å²) in [4.78, 5) is 7.22. The van der Waals surface area contributed by atoms with Gasteiger partial charge in [-0.3, -0.25) is 0 Å². The van der Waals surface area contributed by atoms with Gasteiger partial charge in [0.15, 0.2) is 11.6 Å². The van der Waals surface area contributed by atoms with Crippen LogP contribution >= 0.6 is 0 Å². The monoisotopic (exact) mass is 265 g/mol. The van der Waals surface area contributed by atoms with E-state index in [4.69, 9.17) is 0 Å². The van der Waals surface area contributed by atoms with Crippen molar-refractivity contribution in [2.45, 2.75) is 32.4 Å². The van der Waals surface area contributed by atoms with Crippen molar-refractivity contribution in [1.82, 2.24) is 15.3 Å². The van der Waals surface area contributed by atoms with Gasteiger partial charge in [-0.25, -0.2) is 13.8 Å². The number of hydrogen-bond acceptors (Lipinski definition) is 2. The highest BCUT2D eigenvalue weighted by Crippen LogP contribution is 2.23. The quantitative estimate of drug-likeness (QED) is 0.868. The second-order valence-electron chi connectivity index (χ2n) is 4.47. The summed E-state index contributed by atoms with van der Waals surface area (Å²) in [5, 5.41) is 3.25. The minimum absolute atomic E-state index is 0.0207. The van der Waals surface area contributed by atoms with Crippen molar-refractivity contribution in [2.75, 3.05) is 0 Å². The minimum atomic E-state index is -0.822. The fourth-order valence-corrected chi connectivity index (χ4v) is 2.10. The number of halogens is 2. The summed E-state index contributed by atoms with van der Waals surface area (Å²) in [6.45, 7) is 3.82. The number of aromatic amines is 1. The topological polar surface area (TPSA) is 40.7 Å². The van der Waals surface area contributed by atoms with Crippen LogP contribution in [0.1, 0.15) is 43.7 Å². The zero-order valence-electron chi connectivity index (χ0n) is 11.0. The maximum atomic E-state index is 13.7. The highest BCUT2D eigenvalue weighted by Gasteiger charge is 2.19. The lowest BCUT2D eigenvalue weighted by atomic mass is 10.1. The van der Waals surface area contributed by atoms with E-state index in [1.54, 1.807) is 18.5 Å². The van der Waals surface area contributed by atoms with Crippen LogP contribution in [0.4, 0.5) is 8.78 Å². The molecule has 1 heterocycles. The summed E-state index contributed by atoms with van der Waals surface area (Å²) in [6.07, 6.45) is 4.22. The Kier molecular flexibility index (Phi) is 4.27. The molecule has 0 aliphatic rings. The van der Waals surface area contributed by atoms with Crippen molar-refractivity contribution >= 4 is 0 Å². The summed E-state index contributed by atoms with van der Waals surface area (Å²) in [5.41, 5.74) is 0.324. The lowest BCUT2D eigenvalue weighted by Crippen LogP contribution is -2.26. The number of rotatable bonds is 5. The standard InChI is InChI=1S/C14H17F2N3/c1-3-12(14-17-7-8-18-14)19-9(2)10-5-4-6-11(15)13(10)16/h4-9,12,19H,3H2,1-2H3,(H,17,18). The molecule has 0 saturated heterocycles. The van der Waals surface area contributed by atoms with E-state index in [1.807, 2.05) is 13.8 Å². The summed E-state index contributed by atoms with van der Waals surface area (Å²) < 4.78 is 26.9. The highest BCUT2D eigenvalue weighted by atomic mass is 19.2. The average Bonchev–Trinajstić information content (AvgIpc) is 2.92. The molecular formula is C14H17F2N3. The van der Waals surface area contributed by atoms with Crippen molar-refractivity contribution in [3.05, 3.63) is 53.6 Å². The third kappa shape index (κ3) is 2.98. The third-order valence-corrected chi connectivity index (χ3v) is 3.16. The van der Waals surface area contributed by atoms with Gasteiger partial charge in [-0.05, 0) is 19.4 Å². The predicted octanol–water partition coefficient (Wildman–Crippen LogP) is 3.49. The lowest BCUT2D eigenvalue weighted by Gasteiger charge is -2.21. The first-order chi connectivity index (χ1) is 9.13. The number of nitrogens with one attached hydrogen (secondary N) is 2. The van der Waals surface area contributed by atoms with Gasteiger partial charge in [-0.1, -0.05) is 19.1 Å². The van der Waals surface area contributed by atoms with E-state index in [2.05, 4.69) is 15.3 Å². The Balaban J connectivity index is 2.16. The van der Waals surface area contributed by atoms with Crippen molar-refractivity contribution in [2.24, 2.45) is 0 Å². The Bertz CT molecular complexity index is 525. The predicted molar refractivity (Wildman–Crippen MR) is 69.5 cm³/mol. The Labute approximate surface area is 111 Å². The summed E-state index contributed by atoms with van der Waals surface area (Å²) in [6, 6.07) is 3.90. The molecule has 0 saturated carbocycles. The number of H-pyrrole nitrogens is 1. The number of benzene rings is 1. The summed E-state index contributed by atoms with van der Waals surface area (Å²) in [5.74, 6) is -0.819. The van der Waals surface area contributed by atoms with Gasteiger partial charge in [0.1, 0.15) is 5.82 Å². The second kappa shape index (κ2) is 5.93. The van der Waals surface area contributed by atoms with Crippen LogP contribution in [0.5, 0.6) is 0 Å². The van der Waals surface area contributed by atoms with Crippen molar-refractivity contribution in [3.63, 3.8) is 0 Å². The Morgan fingerprint density at radius 1 is 1.37 bits per heavy atom. The van der Waals surface area contributed by atoms with Crippen LogP contribution < -0.4 is 5.32 Å². The second-order valence-corrected chi connectivity index (χ2v) is 4.47. The first kappa shape index (κ1) is 13.7. The molecule has 2 atom stereocenters. The van der Waals surface area contributed by atoms with Gasteiger partial charge in [-0.2, -0.15) is 0 Å². The van der Waals surface area contributed by atoms with Gasteiger partial charge >= 0.3 is 0 Å². The first-order valence-electron chi connectivity index (χ1n) is 6.32. The molecule has 1 aromatic carbocycles. The van der Waals surface area contributed by atoms with E-state index in [1.165, 1.54) is 6.07 Å². The molecule has 2 unspecified atom stereocenters. The van der Waals surface area contributed by atoms with Crippen LogP contribution in [0.2, 0.25) is 0 Å². The Morgan fingerprint density at radius 2 is 2.16 bits per heavy atom. The normalized spacial score (nSPS) is 14.3. The number of nitrogens with zero attached hydrogens (tertiary/aromatic N) is 1. The molecule has 2 rings (SSSR count). The van der Waals surface area contributed by atoms with E-state index < -0.39 is 11.6 Å². The minimum Gasteiger partial charge on any atom is -0.347 e. The highest BCUT2D eigenvalue weighted by molar-refractivity contribution is 5.22. The molecule has 0 spiro atoms. The lowest BCUT2D eigenvalue weighted by molar-refractivity contribution is 0.419. The van der Waals surface area contributed by atoms with Gasteiger partial charge < -0.3 is 10.3 Å². The van der Waals surface area contributed by atoms with Crippen LogP contribution in [0.3, 0.4) is 0 Å². The van der Waals surface area contributed by atoms with Gasteiger partial charge in [0.2, 0.25) is 0 Å². The molecule has 5 heteroatoms. The van der Waals surface area contributed by atoms with Crippen LogP contribution in [0.25, 0.3) is 0 Å². The van der Waals surface area contributed by atoms with Crippen molar-refractivity contribution in [3.8, 4) is 0 Å². The largest absolute Gasteiger partial charge is 0.347 e. The molecule has 102 valence electrons. The number of aromatic nitrogens is 2. The van der Waals surface area contributed by atoms with Crippen LogP contribution in [-0.4, -0.2) is 9.97 Å². The van der Waals surface area contributed by atoms with E-state index in [0.717, 1.165) is 18.3 Å². The van der Waals surface area contributed by atoms with Crippen LogP contribution in [-0.2, 0) is 0 Å². The maximum Gasteiger partial charge on any atom is 0.163 e. The van der Waals surface area contributed by atoms with E-state index in [-0.39, 0.29) is 12.1 Å². The SMILES string of the molecule is CCC(NC(C)c1cccc(F)c1F)c1ncc[nH]1. The molecule has 2 aromatic rings. The first-order valence-corrected chi connectivity index (χ1v) is 6.32. The molecular weight excluding hydrogens is 248 g/mol. The van der Waals surface area contributed by atoms with Crippen LogP contribution in [0, 0.1) is 11.6 Å². The Hall–Kier alpha value is -1.75. The van der Waals surface area contributed by atoms with Gasteiger partial charge in [-0.15, -0.1) is 0 Å². The molecule has 2 N–H and O–H groups in total. The maximum absolute atomic E-state index is 13.7. The van der Waals surface area contributed by atoms with Gasteiger partial charge in [0.25, 0.3) is 0 Å². The van der Waals surface area contributed by atoms with Crippen molar-refractivity contribution < 1.29 is 8.78 Å². The van der Waals surface area contributed by atoms with E-state index >= 15 is 0 Å². The smallest absolute Gasteiger partial charge is 0.163 e. The fraction of sp³-hybridized carbons (Fsp3) is 0.357. The average molecular weight is 265 g/mol. The van der Waals surface area contributed by atoms with E-state index in [9.17, 15) is 8.78 Å². The van der Waals surface area contributed by atoms with Crippen LogP contribution in [0.15, 0.2) is 30.6 Å².